The zero-order valence-electron chi connectivity index (χ0n) is 11.8. The predicted octanol–water partition coefficient (Wildman–Crippen LogP) is 2.52. The minimum Gasteiger partial charge on any atom is -0.491 e. The van der Waals surface area contributed by atoms with Crippen LogP contribution >= 0.6 is 24.0 Å². The second-order valence-corrected chi connectivity index (χ2v) is 5.03. The predicted molar refractivity (Wildman–Crippen MR) is 84.2 cm³/mol. The Balaban J connectivity index is 0.00000361. The highest BCUT2D eigenvalue weighted by atomic mass is 35.5. The minimum atomic E-state index is -0.488. The van der Waals surface area contributed by atoms with Crippen molar-refractivity contribution < 1.29 is 14.6 Å². The first-order valence-corrected chi connectivity index (χ1v) is 6.83. The Hall–Kier alpha value is -0.520. The van der Waals surface area contributed by atoms with Crippen LogP contribution < -0.4 is 10.1 Å². The van der Waals surface area contributed by atoms with Crippen molar-refractivity contribution in [3.8, 4) is 5.75 Å². The van der Waals surface area contributed by atoms with E-state index in [-0.39, 0.29) is 12.4 Å². The maximum absolute atomic E-state index is 9.60. The normalized spacial score (nSPS) is 12.1. The first-order chi connectivity index (χ1) is 9.08. The van der Waals surface area contributed by atoms with E-state index in [0.29, 0.717) is 37.4 Å². The van der Waals surface area contributed by atoms with Crippen molar-refractivity contribution in [1.82, 2.24) is 5.32 Å². The van der Waals surface area contributed by atoms with Gasteiger partial charge in [0.15, 0.2) is 0 Å². The molecule has 1 unspecified atom stereocenters. The number of aliphatic hydroxyl groups excluding tert-OH is 1. The van der Waals surface area contributed by atoms with Crippen LogP contribution in [0.25, 0.3) is 0 Å². The summed E-state index contributed by atoms with van der Waals surface area (Å²) in [5.74, 6) is 0.759. The Labute approximate surface area is 131 Å². The summed E-state index contributed by atoms with van der Waals surface area (Å²) >= 11 is 5.77. The summed E-state index contributed by atoms with van der Waals surface area (Å²) < 4.78 is 10.8. The van der Waals surface area contributed by atoms with Gasteiger partial charge in [-0.15, -0.1) is 12.4 Å². The van der Waals surface area contributed by atoms with E-state index in [1.54, 1.807) is 12.1 Å². The molecule has 0 aliphatic rings. The first kappa shape index (κ1) is 19.5. The Morgan fingerprint density at radius 1 is 1.20 bits per heavy atom. The molecule has 4 nitrogen and oxygen atoms in total. The Morgan fingerprint density at radius 3 is 2.45 bits per heavy atom. The lowest BCUT2D eigenvalue weighted by Crippen LogP contribution is -2.34. The molecule has 0 amide bonds. The molecule has 2 N–H and O–H groups in total. The molecule has 0 bridgehead atoms. The van der Waals surface area contributed by atoms with Crippen LogP contribution in [0.1, 0.15) is 13.8 Å². The van der Waals surface area contributed by atoms with E-state index < -0.39 is 6.10 Å². The molecule has 0 radical (unpaired) electrons. The summed E-state index contributed by atoms with van der Waals surface area (Å²) in [7, 11) is 0. The summed E-state index contributed by atoms with van der Waals surface area (Å²) in [5.41, 5.74) is 0. The fraction of sp³-hybridized carbons (Fsp3) is 0.571. The van der Waals surface area contributed by atoms with E-state index in [9.17, 15) is 5.11 Å². The number of aliphatic hydroxyl groups is 1. The van der Waals surface area contributed by atoms with Crippen molar-refractivity contribution in [3.05, 3.63) is 29.3 Å². The van der Waals surface area contributed by atoms with Crippen molar-refractivity contribution in [2.24, 2.45) is 0 Å². The quantitative estimate of drug-likeness (QED) is 0.686. The van der Waals surface area contributed by atoms with Crippen molar-refractivity contribution in [2.75, 3.05) is 26.4 Å². The molecule has 20 heavy (non-hydrogen) atoms. The third-order valence-electron chi connectivity index (χ3n) is 2.38. The third-order valence-corrected chi connectivity index (χ3v) is 2.63. The second kappa shape index (κ2) is 11.2. The van der Waals surface area contributed by atoms with Crippen LogP contribution in [0.3, 0.4) is 0 Å². The van der Waals surface area contributed by atoms with Gasteiger partial charge in [-0.25, -0.2) is 0 Å². The number of hydrogen-bond donors (Lipinski definition) is 2. The van der Waals surface area contributed by atoms with E-state index in [2.05, 4.69) is 5.32 Å². The monoisotopic (exact) mass is 323 g/mol. The smallest absolute Gasteiger partial charge is 0.119 e. The molecule has 0 aromatic heterocycles. The van der Waals surface area contributed by atoms with Gasteiger partial charge in [0.1, 0.15) is 12.4 Å². The fourth-order valence-electron chi connectivity index (χ4n) is 1.40. The molecule has 1 aromatic carbocycles. The van der Waals surface area contributed by atoms with Gasteiger partial charge < -0.3 is 19.9 Å². The lowest BCUT2D eigenvalue weighted by Gasteiger charge is -2.14. The van der Waals surface area contributed by atoms with E-state index in [0.717, 1.165) is 5.75 Å². The highest BCUT2D eigenvalue weighted by Crippen LogP contribution is 2.15. The number of hydrogen-bond acceptors (Lipinski definition) is 4. The molecule has 0 fully saturated rings. The average Bonchev–Trinajstić information content (AvgIpc) is 2.38. The van der Waals surface area contributed by atoms with Crippen LogP contribution in [0.15, 0.2) is 24.3 Å². The first-order valence-electron chi connectivity index (χ1n) is 6.45. The van der Waals surface area contributed by atoms with Gasteiger partial charge in [-0.2, -0.15) is 0 Å². The third kappa shape index (κ3) is 9.39. The largest absolute Gasteiger partial charge is 0.491 e. The number of benzene rings is 1. The topological polar surface area (TPSA) is 50.7 Å². The van der Waals surface area contributed by atoms with Gasteiger partial charge in [0, 0.05) is 17.6 Å². The Bertz CT molecular complexity index is 347. The van der Waals surface area contributed by atoms with Gasteiger partial charge in [-0.3, -0.25) is 0 Å². The highest BCUT2D eigenvalue weighted by Gasteiger charge is 2.04. The highest BCUT2D eigenvalue weighted by molar-refractivity contribution is 6.30. The van der Waals surface area contributed by atoms with E-state index in [1.165, 1.54) is 0 Å². The molecule has 0 heterocycles. The summed E-state index contributed by atoms with van der Waals surface area (Å²) in [6, 6.07) is 7.54. The van der Waals surface area contributed by atoms with Crippen LogP contribution in [0, 0.1) is 0 Å². The lowest BCUT2D eigenvalue weighted by atomic mass is 10.3. The number of nitrogens with one attached hydrogen (secondary N) is 1. The number of ether oxygens (including phenoxy) is 2. The van der Waals surface area contributed by atoms with E-state index in [4.69, 9.17) is 21.1 Å². The fourth-order valence-corrected chi connectivity index (χ4v) is 1.53. The van der Waals surface area contributed by atoms with Crippen molar-refractivity contribution in [1.29, 1.82) is 0 Å². The average molecular weight is 324 g/mol. The van der Waals surface area contributed by atoms with Crippen LogP contribution in [0.5, 0.6) is 5.75 Å². The molecule has 0 spiro atoms. The van der Waals surface area contributed by atoms with Crippen molar-refractivity contribution >= 4 is 24.0 Å². The summed E-state index contributed by atoms with van der Waals surface area (Å²) in [6.07, 6.45) is -0.488. The van der Waals surface area contributed by atoms with E-state index in [1.807, 2.05) is 26.0 Å². The minimum absolute atomic E-state index is 0. The molecule has 0 aliphatic carbocycles. The molecule has 6 heteroatoms. The van der Waals surface area contributed by atoms with E-state index >= 15 is 0 Å². The molecule has 0 saturated heterocycles. The van der Waals surface area contributed by atoms with Crippen LogP contribution in [-0.2, 0) is 4.74 Å². The number of rotatable bonds is 9. The van der Waals surface area contributed by atoms with Gasteiger partial charge in [0.25, 0.3) is 0 Å². The summed E-state index contributed by atoms with van der Waals surface area (Å²) in [6.45, 7) is 5.81. The maximum Gasteiger partial charge on any atom is 0.119 e. The summed E-state index contributed by atoms with van der Waals surface area (Å²) in [4.78, 5) is 0. The van der Waals surface area contributed by atoms with Crippen LogP contribution in [0.2, 0.25) is 5.02 Å². The van der Waals surface area contributed by atoms with Gasteiger partial charge in [-0.05, 0) is 24.3 Å². The van der Waals surface area contributed by atoms with Crippen LogP contribution in [-0.4, -0.2) is 43.6 Å². The molecule has 1 aromatic rings. The van der Waals surface area contributed by atoms with Crippen LogP contribution in [0.4, 0.5) is 0 Å². The molecule has 0 aliphatic heterocycles. The molecule has 0 saturated carbocycles. The lowest BCUT2D eigenvalue weighted by molar-refractivity contribution is 0.0244. The Kier molecular flexibility index (Phi) is 10.9. The van der Waals surface area contributed by atoms with Gasteiger partial charge in [0.2, 0.25) is 0 Å². The maximum atomic E-state index is 9.60. The SMILES string of the molecule is CC(C)NCC(O)COCCOc1ccc(Cl)cc1.Cl. The number of halogens is 2. The standard InChI is InChI=1S/C14H22ClNO3.ClH/c1-11(2)16-9-13(17)10-18-7-8-19-14-5-3-12(15)4-6-14;/h3-6,11,13,16-17H,7-10H2,1-2H3;1H. The zero-order valence-corrected chi connectivity index (χ0v) is 13.4. The molecule has 1 atom stereocenters. The molecular weight excluding hydrogens is 301 g/mol. The second-order valence-electron chi connectivity index (χ2n) is 4.59. The van der Waals surface area contributed by atoms with Crippen molar-refractivity contribution in [2.45, 2.75) is 26.0 Å². The van der Waals surface area contributed by atoms with Gasteiger partial charge in [0.05, 0.1) is 19.3 Å². The summed E-state index contributed by atoms with van der Waals surface area (Å²) in [5, 5.41) is 13.4. The Morgan fingerprint density at radius 2 is 1.85 bits per heavy atom. The zero-order chi connectivity index (χ0) is 14.1. The molecular formula is C14H23Cl2NO3. The van der Waals surface area contributed by atoms with Crippen molar-refractivity contribution in [3.63, 3.8) is 0 Å². The van der Waals surface area contributed by atoms with Gasteiger partial charge in [-0.1, -0.05) is 25.4 Å². The van der Waals surface area contributed by atoms with Gasteiger partial charge >= 0.3 is 0 Å². The molecule has 1 rings (SSSR count). The molecule has 116 valence electrons.